The Kier molecular flexibility index (Phi) is 4.91. The Morgan fingerprint density at radius 2 is 2.11 bits per heavy atom. The van der Waals surface area contributed by atoms with Gasteiger partial charge in [0.15, 0.2) is 5.78 Å². The second-order valence-electron chi connectivity index (χ2n) is 4.86. The van der Waals surface area contributed by atoms with E-state index in [1.807, 2.05) is 26.8 Å². The van der Waals surface area contributed by atoms with Gasteiger partial charge in [-0.05, 0) is 30.0 Å². The summed E-state index contributed by atoms with van der Waals surface area (Å²) in [4.78, 5) is 12.0. The van der Waals surface area contributed by atoms with E-state index < -0.39 is 5.92 Å². The lowest BCUT2D eigenvalue weighted by Crippen LogP contribution is -2.13. The summed E-state index contributed by atoms with van der Waals surface area (Å²) in [6.45, 7) is 5.86. The van der Waals surface area contributed by atoms with Crippen molar-refractivity contribution < 1.29 is 9.53 Å². The van der Waals surface area contributed by atoms with Crippen LogP contribution in [0.3, 0.4) is 0 Å². The molecule has 0 saturated heterocycles. The number of benzene rings is 1. The summed E-state index contributed by atoms with van der Waals surface area (Å²) < 4.78 is 5.17. The van der Waals surface area contributed by atoms with Gasteiger partial charge in [-0.15, -0.1) is 0 Å². The van der Waals surface area contributed by atoms with Gasteiger partial charge >= 0.3 is 0 Å². The fourth-order valence-corrected chi connectivity index (χ4v) is 1.93. The maximum absolute atomic E-state index is 12.0. The highest BCUT2D eigenvalue weighted by Gasteiger charge is 2.21. The SMILES string of the molecule is COc1ccc(C(C#N)C(=O)CC(C)C)cc1C. The number of rotatable bonds is 5. The second-order valence-corrected chi connectivity index (χ2v) is 4.86. The Morgan fingerprint density at radius 3 is 2.56 bits per heavy atom. The van der Waals surface area contributed by atoms with Crippen molar-refractivity contribution in [2.24, 2.45) is 5.92 Å². The number of nitriles is 1. The normalized spacial score (nSPS) is 12.0. The third kappa shape index (κ3) is 3.33. The molecule has 1 unspecified atom stereocenters. The van der Waals surface area contributed by atoms with Crippen LogP contribution in [0.25, 0.3) is 0 Å². The molecule has 1 aromatic carbocycles. The van der Waals surface area contributed by atoms with Crippen molar-refractivity contribution in [3.8, 4) is 11.8 Å². The Balaban J connectivity index is 3.00. The average Bonchev–Trinajstić information content (AvgIpc) is 2.29. The minimum Gasteiger partial charge on any atom is -0.496 e. The molecule has 0 radical (unpaired) electrons. The van der Waals surface area contributed by atoms with Crippen molar-refractivity contribution >= 4 is 5.78 Å². The molecule has 0 aliphatic rings. The van der Waals surface area contributed by atoms with E-state index in [0.717, 1.165) is 16.9 Å². The van der Waals surface area contributed by atoms with Crippen LogP contribution in [0.5, 0.6) is 5.75 Å². The van der Waals surface area contributed by atoms with E-state index in [1.54, 1.807) is 19.2 Å². The van der Waals surface area contributed by atoms with Crippen molar-refractivity contribution in [3.63, 3.8) is 0 Å². The quantitative estimate of drug-likeness (QED) is 0.800. The molecular weight excluding hydrogens is 226 g/mol. The van der Waals surface area contributed by atoms with Crippen LogP contribution in [0.15, 0.2) is 18.2 Å². The molecule has 0 amide bonds. The molecule has 18 heavy (non-hydrogen) atoms. The van der Waals surface area contributed by atoms with Crippen LogP contribution in [0.2, 0.25) is 0 Å². The number of nitrogens with zero attached hydrogens (tertiary/aromatic N) is 1. The summed E-state index contributed by atoms with van der Waals surface area (Å²) in [5.41, 5.74) is 1.69. The van der Waals surface area contributed by atoms with Crippen LogP contribution in [0, 0.1) is 24.2 Å². The van der Waals surface area contributed by atoms with Crippen molar-refractivity contribution in [1.82, 2.24) is 0 Å². The Labute approximate surface area is 108 Å². The van der Waals surface area contributed by atoms with Crippen LogP contribution in [0.4, 0.5) is 0 Å². The molecule has 0 bridgehead atoms. The predicted octanol–water partition coefficient (Wildman–Crippen LogP) is 3.23. The predicted molar refractivity (Wildman–Crippen MR) is 70.5 cm³/mol. The monoisotopic (exact) mass is 245 g/mol. The van der Waals surface area contributed by atoms with Gasteiger partial charge in [-0.25, -0.2) is 0 Å². The van der Waals surface area contributed by atoms with Gasteiger partial charge in [0, 0.05) is 6.42 Å². The number of carbonyl (C=O) groups excluding carboxylic acids is 1. The molecule has 3 nitrogen and oxygen atoms in total. The van der Waals surface area contributed by atoms with Crippen molar-refractivity contribution in [2.45, 2.75) is 33.1 Å². The summed E-state index contributed by atoms with van der Waals surface area (Å²) >= 11 is 0. The molecule has 0 fully saturated rings. The zero-order valence-corrected chi connectivity index (χ0v) is 11.4. The molecule has 0 aromatic heterocycles. The van der Waals surface area contributed by atoms with Crippen molar-refractivity contribution in [3.05, 3.63) is 29.3 Å². The molecule has 0 aliphatic heterocycles. The Hall–Kier alpha value is -1.82. The van der Waals surface area contributed by atoms with Gasteiger partial charge in [0.25, 0.3) is 0 Å². The van der Waals surface area contributed by atoms with Crippen molar-refractivity contribution in [1.29, 1.82) is 5.26 Å². The van der Waals surface area contributed by atoms with E-state index in [4.69, 9.17) is 4.74 Å². The van der Waals surface area contributed by atoms with E-state index in [9.17, 15) is 10.1 Å². The minimum absolute atomic E-state index is 0.0166. The number of ketones is 1. The maximum Gasteiger partial charge on any atom is 0.154 e. The molecular formula is C15H19NO2. The highest BCUT2D eigenvalue weighted by molar-refractivity contribution is 5.88. The second kappa shape index (κ2) is 6.20. The maximum atomic E-state index is 12.0. The number of hydrogen-bond donors (Lipinski definition) is 0. The van der Waals surface area contributed by atoms with Crippen LogP contribution >= 0.6 is 0 Å². The summed E-state index contributed by atoms with van der Waals surface area (Å²) in [6.07, 6.45) is 0.434. The van der Waals surface area contributed by atoms with Crippen LogP contribution in [0.1, 0.15) is 37.3 Å². The molecule has 1 rings (SSSR count). The van der Waals surface area contributed by atoms with Gasteiger partial charge in [-0.3, -0.25) is 4.79 Å². The fraction of sp³-hybridized carbons (Fsp3) is 0.467. The summed E-state index contributed by atoms with van der Waals surface area (Å²) in [5.74, 6) is 0.355. The van der Waals surface area contributed by atoms with Gasteiger partial charge in [0.2, 0.25) is 0 Å². The van der Waals surface area contributed by atoms with Crippen LogP contribution in [-0.2, 0) is 4.79 Å². The number of carbonyl (C=O) groups is 1. The highest BCUT2D eigenvalue weighted by atomic mass is 16.5. The molecule has 1 atom stereocenters. The van der Waals surface area contributed by atoms with Gasteiger partial charge in [0.1, 0.15) is 11.7 Å². The zero-order valence-electron chi connectivity index (χ0n) is 11.4. The molecule has 0 saturated carbocycles. The van der Waals surface area contributed by atoms with Gasteiger partial charge < -0.3 is 4.74 Å². The van der Waals surface area contributed by atoms with Gasteiger partial charge in [-0.2, -0.15) is 5.26 Å². The van der Waals surface area contributed by atoms with Crippen molar-refractivity contribution in [2.75, 3.05) is 7.11 Å². The third-order valence-corrected chi connectivity index (χ3v) is 2.81. The molecule has 0 aliphatic carbocycles. The average molecular weight is 245 g/mol. The highest BCUT2D eigenvalue weighted by Crippen LogP contribution is 2.25. The van der Waals surface area contributed by atoms with E-state index in [-0.39, 0.29) is 11.7 Å². The van der Waals surface area contributed by atoms with Gasteiger partial charge in [-0.1, -0.05) is 26.0 Å². The minimum atomic E-state index is -0.669. The molecule has 3 heteroatoms. The fourth-order valence-electron chi connectivity index (χ4n) is 1.93. The summed E-state index contributed by atoms with van der Waals surface area (Å²) in [7, 11) is 1.60. The van der Waals surface area contributed by atoms with Crippen LogP contribution < -0.4 is 4.74 Å². The first-order valence-corrected chi connectivity index (χ1v) is 6.06. The molecule has 0 N–H and O–H groups in total. The van der Waals surface area contributed by atoms with E-state index in [0.29, 0.717) is 6.42 Å². The zero-order chi connectivity index (χ0) is 13.7. The van der Waals surface area contributed by atoms with E-state index >= 15 is 0 Å². The van der Waals surface area contributed by atoms with E-state index in [1.165, 1.54) is 0 Å². The first-order valence-electron chi connectivity index (χ1n) is 6.06. The smallest absolute Gasteiger partial charge is 0.154 e. The van der Waals surface area contributed by atoms with E-state index in [2.05, 4.69) is 6.07 Å². The largest absolute Gasteiger partial charge is 0.496 e. The standard InChI is InChI=1S/C15H19NO2/c1-10(2)7-14(17)13(9-16)12-5-6-15(18-4)11(3)8-12/h5-6,8,10,13H,7H2,1-4H3. The molecule has 0 heterocycles. The Bertz CT molecular complexity index is 472. The molecule has 96 valence electrons. The molecule has 0 spiro atoms. The number of hydrogen-bond acceptors (Lipinski definition) is 3. The number of ether oxygens (including phenoxy) is 1. The lowest BCUT2D eigenvalue weighted by atomic mass is 9.90. The lowest BCUT2D eigenvalue weighted by Gasteiger charge is -2.12. The summed E-state index contributed by atoms with van der Waals surface area (Å²) in [6, 6.07) is 7.54. The lowest BCUT2D eigenvalue weighted by molar-refractivity contribution is -0.120. The number of methoxy groups -OCH3 is 1. The number of aryl methyl sites for hydroxylation is 1. The molecule has 1 aromatic rings. The summed E-state index contributed by atoms with van der Waals surface area (Å²) in [5, 5.41) is 9.18. The van der Waals surface area contributed by atoms with Gasteiger partial charge in [0.05, 0.1) is 13.2 Å². The topological polar surface area (TPSA) is 50.1 Å². The third-order valence-electron chi connectivity index (χ3n) is 2.81. The first-order chi connectivity index (χ1) is 8.49. The first kappa shape index (κ1) is 14.2. The number of Topliss-reactive ketones (excluding diaryl/α,β-unsaturated/α-hetero) is 1. The Morgan fingerprint density at radius 1 is 1.44 bits per heavy atom. The van der Waals surface area contributed by atoms with Crippen LogP contribution in [-0.4, -0.2) is 12.9 Å².